The van der Waals surface area contributed by atoms with Crippen LogP contribution in [0.4, 0.5) is 5.69 Å². The van der Waals surface area contributed by atoms with Gasteiger partial charge in [0.2, 0.25) is 5.91 Å². The molecule has 0 aliphatic heterocycles. The number of carboxylic acid groups (broad SMARTS) is 1. The van der Waals surface area contributed by atoms with Gasteiger partial charge >= 0.3 is 5.97 Å². The minimum atomic E-state index is -0.820. The molecule has 0 saturated carbocycles. The highest BCUT2D eigenvalue weighted by molar-refractivity contribution is 5.94. The van der Waals surface area contributed by atoms with Gasteiger partial charge in [0.15, 0.2) is 0 Å². The second-order valence-electron chi connectivity index (χ2n) is 5.52. The summed E-state index contributed by atoms with van der Waals surface area (Å²) >= 11 is 0. The lowest BCUT2D eigenvalue weighted by atomic mass is 9.97. The van der Waals surface area contributed by atoms with Gasteiger partial charge in [-0.2, -0.15) is 0 Å². The van der Waals surface area contributed by atoms with Crippen LogP contribution in [0.25, 0.3) is 0 Å². The Morgan fingerprint density at radius 1 is 1.24 bits per heavy atom. The average Bonchev–Trinajstić information content (AvgIpc) is 2.45. The first-order chi connectivity index (χ1) is 9.85. The zero-order chi connectivity index (χ0) is 16.0. The van der Waals surface area contributed by atoms with Crippen molar-refractivity contribution in [3.63, 3.8) is 0 Å². The van der Waals surface area contributed by atoms with E-state index in [1.807, 2.05) is 32.9 Å². The van der Waals surface area contributed by atoms with Gasteiger partial charge in [0.1, 0.15) is 0 Å². The minimum absolute atomic E-state index is 0.0605. The fourth-order valence-corrected chi connectivity index (χ4v) is 2.01. The van der Waals surface area contributed by atoms with E-state index < -0.39 is 12.0 Å². The second kappa shape index (κ2) is 7.78. The molecule has 1 aromatic carbocycles. The van der Waals surface area contributed by atoms with E-state index in [1.54, 1.807) is 12.1 Å². The molecule has 0 aromatic heterocycles. The van der Waals surface area contributed by atoms with Crippen molar-refractivity contribution < 1.29 is 14.7 Å². The Morgan fingerprint density at radius 2 is 1.81 bits per heavy atom. The molecule has 4 N–H and O–H groups in total. The number of carbonyl (C=O) groups excluding carboxylic acids is 1. The number of nitrogens with one attached hydrogen (secondary N) is 1. The van der Waals surface area contributed by atoms with E-state index in [-0.39, 0.29) is 24.2 Å². The second-order valence-corrected chi connectivity index (χ2v) is 5.52. The molecule has 0 spiro atoms. The quantitative estimate of drug-likeness (QED) is 0.720. The van der Waals surface area contributed by atoms with Gasteiger partial charge < -0.3 is 16.2 Å². The molecule has 5 heteroatoms. The Balaban J connectivity index is 2.66. The topological polar surface area (TPSA) is 92.4 Å². The lowest BCUT2D eigenvalue weighted by Gasteiger charge is -2.18. The molecule has 0 aliphatic rings. The standard InChI is InChI=1S/C16H24N2O3/c1-4-10(2)15(17)16(21)18-13-7-5-12(6-8-13)11(3)9-14(19)20/h5-8,10-11,15H,4,9,17H2,1-3H3,(H,18,21)(H,19,20)/t10-,11?,15-/m0/s1. The van der Waals surface area contributed by atoms with Gasteiger partial charge in [-0.05, 0) is 29.5 Å². The van der Waals surface area contributed by atoms with Crippen molar-refractivity contribution in [1.82, 2.24) is 0 Å². The summed E-state index contributed by atoms with van der Waals surface area (Å²) in [5.74, 6) is -0.954. The fraction of sp³-hybridized carbons (Fsp3) is 0.500. The number of benzene rings is 1. The van der Waals surface area contributed by atoms with Gasteiger partial charge in [0, 0.05) is 5.69 Å². The van der Waals surface area contributed by atoms with E-state index in [1.165, 1.54) is 0 Å². The number of anilines is 1. The third-order valence-electron chi connectivity index (χ3n) is 3.79. The van der Waals surface area contributed by atoms with Crippen LogP contribution in [0, 0.1) is 5.92 Å². The van der Waals surface area contributed by atoms with Crippen molar-refractivity contribution in [3.05, 3.63) is 29.8 Å². The SMILES string of the molecule is CC[C@H](C)[C@H](N)C(=O)Nc1ccc(C(C)CC(=O)O)cc1. The van der Waals surface area contributed by atoms with Crippen molar-refractivity contribution in [2.24, 2.45) is 11.7 Å². The highest BCUT2D eigenvalue weighted by Gasteiger charge is 2.19. The number of rotatable bonds is 7. The van der Waals surface area contributed by atoms with Crippen molar-refractivity contribution in [1.29, 1.82) is 0 Å². The van der Waals surface area contributed by atoms with Crippen molar-refractivity contribution in [3.8, 4) is 0 Å². The summed E-state index contributed by atoms with van der Waals surface area (Å²) in [7, 11) is 0. The molecular weight excluding hydrogens is 268 g/mol. The summed E-state index contributed by atoms with van der Waals surface area (Å²) in [4.78, 5) is 22.7. The summed E-state index contributed by atoms with van der Waals surface area (Å²) < 4.78 is 0. The number of nitrogens with two attached hydrogens (primary N) is 1. The van der Waals surface area contributed by atoms with Gasteiger partial charge in [-0.25, -0.2) is 0 Å². The van der Waals surface area contributed by atoms with Gasteiger partial charge in [-0.15, -0.1) is 0 Å². The fourth-order valence-electron chi connectivity index (χ4n) is 2.01. The predicted molar refractivity (Wildman–Crippen MR) is 83.2 cm³/mol. The largest absolute Gasteiger partial charge is 0.481 e. The van der Waals surface area contributed by atoms with Crippen LogP contribution >= 0.6 is 0 Å². The average molecular weight is 292 g/mol. The third kappa shape index (κ3) is 5.19. The minimum Gasteiger partial charge on any atom is -0.481 e. The van der Waals surface area contributed by atoms with E-state index in [9.17, 15) is 9.59 Å². The van der Waals surface area contributed by atoms with Crippen LogP contribution in [0.15, 0.2) is 24.3 Å². The van der Waals surface area contributed by atoms with Crippen molar-refractivity contribution >= 4 is 17.6 Å². The van der Waals surface area contributed by atoms with E-state index in [4.69, 9.17) is 10.8 Å². The highest BCUT2D eigenvalue weighted by atomic mass is 16.4. The van der Waals surface area contributed by atoms with Gasteiger partial charge in [0.05, 0.1) is 12.5 Å². The van der Waals surface area contributed by atoms with Crippen molar-refractivity contribution in [2.45, 2.75) is 45.6 Å². The molecule has 5 nitrogen and oxygen atoms in total. The molecule has 1 rings (SSSR count). The summed E-state index contributed by atoms with van der Waals surface area (Å²) in [5, 5.41) is 11.6. The molecule has 1 aromatic rings. The summed E-state index contributed by atoms with van der Waals surface area (Å²) in [6, 6.07) is 6.68. The molecule has 21 heavy (non-hydrogen) atoms. The van der Waals surface area contributed by atoms with Crippen LogP contribution in [0.5, 0.6) is 0 Å². The van der Waals surface area contributed by atoms with Crippen LogP contribution in [0.2, 0.25) is 0 Å². The number of hydrogen-bond donors (Lipinski definition) is 3. The van der Waals surface area contributed by atoms with Gasteiger partial charge in [-0.1, -0.05) is 39.3 Å². The zero-order valence-electron chi connectivity index (χ0n) is 12.8. The Morgan fingerprint density at radius 3 is 2.29 bits per heavy atom. The van der Waals surface area contributed by atoms with Gasteiger partial charge in [0.25, 0.3) is 0 Å². The number of carboxylic acids is 1. The Hall–Kier alpha value is -1.88. The monoisotopic (exact) mass is 292 g/mol. The molecule has 1 amide bonds. The van der Waals surface area contributed by atoms with E-state index >= 15 is 0 Å². The Bertz CT molecular complexity index is 485. The lowest BCUT2D eigenvalue weighted by Crippen LogP contribution is -2.40. The molecular formula is C16H24N2O3. The number of aliphatic carboxylic acids is 1. The molecule has 0 fully saturated rings. The number of hydrogen-bond acceptors (Lipinski definition) is 3. The first-order valence-corrected chi connectivity index (χ1v) is 7.23. The maximum atomic E-state index is 12.0. The van der Waals surface area contributed by atoms with Crippen molar-refractivity contribution in [2.75, 3.05) is 5.32 Å². The van der Waals surface area contributed by atoms with E-state index in [0.29, 0.717) is 5.69 Å². The first kappa shape index (κ1) is 17.2. The maximum absolute atomic E-state index is 12.0. The van der Waals surface area contributed by atoms with E-state index in [0.717, 1.165) is 12.0 Å². The van der Waals surface area contributed by atoms with Crippen LogP contribution in [-0.2, 0) is 9.59 Å². The molecule has 0 aliphatic carbocycles. The first-order valence-electron chi connectivity index (χ1n) is 7.23. The molecule has 0 radical (unpaired) electrons. The smallest absolute Gasteiger partial charge is 0.303 e. The summed E-state index contributed by atoms with van der Waals surface area (Å²) in [6.45, 7) is 5.80. The van der Waals surface area contributed by atoms with E-state index in [2.05, 4.69) is 5.32 Å². The molecule has 1 unspecified atom stereocenters. The highest BCUT2D eigenvalue weighted by Crippen LogP contribution is 2.21. The zero-order valence-corrected chi connectivity index (χ0v) is 12.8. The predicted octanol–water partition coefficient (Wildman–Crippen LogP) is 2.58. The van der Waals surface area contributed by atoms with Gasteiger partial charge in [-0.3, -0.25) is 9.59 Å². The third-order valence-corrected chi connectivity index (χ3v) is 3.79. The van der Waals surface area contributed by atoms with Crippen LogP contribution in [0.3, 0.4) is 0 Å². The number of amides is 1. The maximum Gasteiger partial charge on any atom is 0.303 e. The van der Waals surface area contributed by atoms with Crippen LogP contribution < -0.4 is 11.1 Å². The van der Waals surface area contributed by atoms with Crippen LogP contribution in [-0.4, -0.2) is 23.0 Å². The molecule has 0 bridgehead atoms. The van der Waals surface area contributed by atoms with Crippen LogP contribution in [0.1, 0.15) is 45.1 Å². The summed E-state index contributed by atoms with van der Waals surface area (Å²) in [6.07, 6.45) is 0.935. The molecule has 116 valence electrons. The number of carbonyl (C=O) groups is 2. The summed E-state index contributed by atoms with van der Waals surface area (Å²) in [5.41, 5.74) is 7.48. The molecule has 0 heterocycles. The normalized spacial score (nSPS) is 15.0. The lowest BCUT2D eigenvalue weighted by molar-refractivity contribution is -0.137. The Kier molecular flexibility index (Phi) is 6.37. The molecule has 3 atom stereocenters. The molecule has 0 saturated heterocycles. The Labute approximate surface area is 125 Å².